The minimum Gasteiger partial charge on any atom is -0.341 e. The molecular formula is C19H19N3OS. The number of nitrogens with zero attached hydrogens (tertiary/aromatic N) is 2. The Bertz CT molecular complexity index is 807. The Kier molecular flexibility index (Phi) is 4.26. The van der Waals surface area contributed by atoms with Crippen LogP contribution < -0.4 is 0 Å². The number of amides is 1. The molecule has 0 unspecified atom stereocenters. The number of fused-ring (bicyclic) bond motifs is 1. The lowest BCUT2D eigenvalue weighted by Crippen LogP contribution is -2.31. The van der Waals surface area contributed by atoms with Gasteiger partial charge in [-0.2, -0.15) is 0 Å². The topological polar surface area (TPSA) is 49.0 Å². The third kappa shape index (κ3) is 3.04. The zero-order valence-corrected chi connectivity index (χ0v) is 14.1. The van der Waals surface area contributed by atoms with Crippen LogP contribution in [0.1, 0.15) is 23.7 Å². The minimum absolute atomic E-state index is 0.184. The van der Waals surface area contributed by atoms with Gasteiger partial charge in [0.1, 0.15) is 5.25 Å². The molecule has 1 aliphatic rings. The van der Waals surface area contributed by atoms with Gasteiger partial charge in [-0.05, 0) is 30.5 Å². The highest BCUT2D eigenvalue weighted by atomic mass is 32.2. The van der Waals surface area contributed by atoms with Gasteiger partial charge < -0.3 is 9.88 Å². The fourth-order valence-electron chi connectivity index (χ4n) is 3.09. The highest BCUT2D eigenvalue weighted by Crippen LogP contribution is 2.36. The Morgan fingerprint density at radius 2 is 1.75 bits per heavy atom. The lowest BCUT2D eigenvalue weighted by atomic mass is 10.1. The van der Waals surface area contributed by atoms with Gasteiger partial charge >= 0.3 is 0 Å². The van der Waals surface area contributed by atoms with Crippen LogP contribution in [0.4, 0.5) is 0 Å². The van der Waals surface area contributed by atoms with Crippen molar-refractivity contribution in [1.82, 2.24) is 14.9 Å². The van der Waals surface area contributed by atoms with Crippen molar-refractivity contribution in [3.05, 3.63) is 60.2 Å². The number of para-hydroxylation sites is 2. The molecule has 24 heavy (non-hydrogen) atoms. The van der Waals surface area contributed by atoms with E-state index < -0.39 is 0 Å². The average Bonchev–Trinajstić information content (AvgIpc) is 3.29. The van der Waals surface area contributed by atoms with E-state index in [-0.39, 0.29) is 11.2 Å². The molecule has 1 N–H and O–H groups in total. The van der Waals surface area contributed by atoms with Crippen LogP contribution in [-0.2, 0) is 4.79 Å². The van der Waals surface area contributed by atoms with Crippen LogP contribution in [0.5, 0.6) is 0 Å². The number of rotatable bonds is 4. The summed E-state index contributed by atoms with van der Waals surface area (Å²) >= 11 is 1.50. The Morgan fingerprint density at radius 3 is 2.50 bits per heavy atom. The van der Waals surface area contributed by atoms with Gasteiger partial charge in [-0.15, -0.1) is 0 Å². The molecule has 0 aliphatic carbocycles. The molecule has 122 valence electrons. The molecule has 1 saturated heterocycles. The molecule has 4 nitrogen and oxygen atoms in total. The Labute approximate surface area is 145 Å². The summed E-state index contributed by atoms with van der Waals surface area (Å²) in [5.41, 5.74) is 2.96. The van der Waals surface area contributed by atoms with Crippen molar-refractivity contribution in [2.75, 3.05) is 13.1 Å². The lowest BCUT2D eigenvalue weighted by molar-refractivity contribution is -0.129. The van der Waals surface area contributed by atoms with Crippen molar-refractivity contribution in [1.29, 1.82) is 0 Å². The maximum absolute atomic E-state index is 13.0. The maximum atomic E-state index is 13.0. The van der Waals surface area contributed by atoms with Crippen molar-refractivity contribution < 1.29 is 4.79 Å². The Morgan fingerprint density at radius 1 is 1.04 bits per heavy atom. The van der Waals surface area contributed by atoms with Gasteiger partial charge in [0.25, 0.3) is 0 Å². The first-order valence-corrected chi connectivity index (χ1v) is 9.14. The van der Waals surface area contributed by atoms with Gasteiger partial charge in [-0.3, -0.25) is 4.79 Å². The second kappa shape index (κ2) is 6.69. The summed E-state index contributed by atoms with van der Waals surface area (Å²) in [4.78, 5) is 23.0. The first-order chi connectivity index (χ1) is 11.8. The summed E-state index contributed by atoms with van der Waals surface area (Å²) in [7, 11) is 0. The Balaban J connectivity index is 1.65. The van der Waals surface area contributed by atoms with Crippen molar-refractivity contribution in [2.24, 2.45) is 0 Å². The number of thioether (sulfide) groups is 1. The van der Waals surface area contributed by atoms with Crippen LogP contribution in [0.25, 0.3) is 11.0 Å². The monoisotopic (exact) mass is 337 g/mol. The summed E-state index contributed by atoms with van der Waals surface area (Å²) < 4.78 is 0. The third-order valence-corrected chi connectivity index (χ3v) is 5.47. The fraction of sp³-hybridized carbons (Fsp3) is 0.263. The lowest BCUT2D eigenvalue weighted by Gasteiger charge is -2.22. The number of benzene rings is 2. The predicted molar refractivity (Wildman–Crippen MR) is 96.9 cm³/mol. The molecule has 0 spiro atoms. The molecular weight excluding hydrogens is 318 g/mol. The van der Waals surface area contributed by atoms with E-state index in [9.17, 15) is 4.79 Å². The Hall–Kier alpha value is -2.27. The van der Waals surface area contributed by atoms with E-state index in [0.29, 0.717) is 0 Å². The molecule has 5 heteroatoms. The van der Waals surface area contributed by atoms with Gasteiger partial charge in [0.2, 0.25) is 5.91 Å². The standard InChI is InChI=1S/C19H19N3OS/c23-18(22-12-6-7-13-22)17(14-8-2-1-3-9-14)24-19-20-15-10-4-5-11-16(15)21-19/h1-5,8-11,17H,6-7,12-13H2,(H,20,21)/t17-/m1/s1. The molecule has 1 aromatic heterocycles. The number of aromatic amines is 1. The van der Waals surface area contributed by atoms with Crippen LogP contribution in [0.2, 0.25) is 0 Å². The molecule has 1 aliphatic heterocycles. The fourth-order valence-corrected chi connectivity index (χ4v) is 4.18. The van der Waals surface area contributed by atoms with Crippen molar-refractivity contribution in [2.45, 2.75) is 23.2 Å². The molecule has 0 bridgehead atoms. The number of hydrogen-bond donors (Lipinski definition) is 1. The highest BCUT2D eigenvalue weighted by molar-refractivity contribution is 8.00. The van der Waals surface area contributed by atoms with Gasteiger partial charge in [0, 0.05) is 13.1 Å². The van der Waals surface area contributed by atoms with E-state index in [1.807, 2.05) is 59.5 Å². The second-order valence-electron chi connectivity index (χ2n) is 6.00. The number of carbonyl (C=O) groups excluding carboxylic acids is 1. The molecule has 4 rings (SSSR count). The van der Waals surface area contributed by atoms with E-state index >= 15 is 0 Å². The number of imidazole rings is 1. The van der Waals surface area contributed by atoms with E-state index in [1.54, 1.807) is 0 Å². The van der Waals surface area contributed by atoms with Crippen LogP contribution >= 0.6 is 11.8 Å². The van der Waals surface area contributed by atoms with Crippen LogP contribution in [0, 0.1) is 0 Å². The molecule has 2 heterocycles. The SMILES string of the molecule is O=C([C@H](Sc1nc2ccccc2[nH]1)c1ccccc1)N1CCCC1. The van der Waals surface area contributed by atoms with Crippen LogP contribution in [0.3, 0.4) is 0 Å². The van der Waals surface area contributed by atoms with Gasteiger partial charge in [-0.25, -0.2) is 4.98 Å². The van der Waals surface area contributed by atoms with E-state index in [0.717, 1.165) is 47.7 Å². The summed E-state index contributed by atoms with van der Waals surface area (Å²) in [6.07, 6.45) is 2.20. The number of likely N-dealkylation sites (tertiary alicyclic amines) is 1. The zero-order valence-electron chi connectivity index (χ0n) is 13.3. The smallest absolute Gasteiger partial charge is 0.240 e. The number of H-pyrrole nitrogens is 1. The molecule has 0 radical (unpaired) electrons. The number of nitrogens with one attached hydrogen (secondary N) is 1. The quantitative estimate of drug-likeness (QED) is 0.732. The number of aromatic nitrogens is 2. The molecule has 2 aromatic carbocycles. The van der Waals surface area contributed by atoms with Gasteiger partial charge in [0.05, 0.1) is 11.0 Å². The predicted octanol–water partition coefficient (Wildman–Crippen LogP) is 4.02. The molecule has 1 fully saturated rings. The van der Waals surface area contributed by atoms with E-state index in [1.165, 1.54) is 11.8 Å². The number of carbonyl (C=O) groups is 1. The van der Waals surface area contributed by atoms with Gasteiger partial charge in [0.15, 0.2) is 5.16 Å². The summed E-state index contributed by atoms with van der Waals surface area (Å²) in [5.74, 6) is 0.184. The molecule has 1 amide bonds. The van der Waals surface area contributed by atoms with Crippen molar-refractivity contribution >= 4 is 28.7 Å². The van der Waals surface area contributed by atoms with Crippen LogP contribution in [-0.4, -0.2) is 33.9 Å². The minimum atomic E-state index is -0.259. The average molecular weight is 337 g/mol. The molecule has 0 saturated carbocycles. The first-order valence-electron chi connectivity index (χ1n) is 8.26. The first kappa shape index (κ1) is 15.3. The molecule has 1 atom stereocenters. The third-order valence-electron chi connectivity index (χ3n) is 4.34. The summed E-state index contributed by atoms with van der Waals surface area (Å²) in [6, 6.07) is 17.9. The highest BCUT2D eigenvalue weighted by Gasteiger charge is 2.29. The summed E-state index contributed by atoms with van der Waals surface area (Å²) in [5, 5.41) is 0.530. The largest absolute Gasteiger partial charge is 0.341 e. The van der Waals surface area contributed by atoms with Crippen molar-refractivity contribution in [3.63, 3.8) is 0 Å². The second-order valence-corrected chi connectivity index (χ2v) is 7.09. The number of hydrogen-bond acceptors (Lipinski definition) is 3. The van der Waals surface area contributed by atoms with Crippen LogP contribution in [0.15, 0.2) is 59.8 Å². The zero-order chi connectivity index (χ0) is 16.4. The normalized spacial score (nSPS) is 15.8. The molecule has 3 aromatic rings. The van der Waals surface area contributed by atoms with E-state index in [2.05, 4.69) is 9.97 Å². The maximum Gasteiger partial charge on any atom is 0.240 e. The van der Waals surface area contributed by atoms with E-state index in [4.69, 9.17) is 0 Å². The van der Waals surface area contributed by atoms with Crippen molar-refractivity contribution in [3.8, 4) is 0 Å². The summed E-state index contributed by atoms with van der Waals surface area (Å²) in [6.45, 7) is 1.73. The van der Waals surface area contributed by atoms with Gasteiger partial charge in [-0.1, -0.05) is 54.2 Å².